The van der Waals surface area contributed by atoms with Crippen molar-refractivity contribution in [2.24, 2.45) is 0 Å². The number of aryl methyl sites for hydroxylation is 2. The molecule has 30 heavy (non-hydrogen) atoms. The van der Waals surface area contributed by atoms with Crippen molar-refractivity contribution in [1.29, 1.82) is 0 Å². The van der Waals surface area contributed by atoms with Crippen molar-refractivity contribution in [3.8, 4) is 5.82 Å². The van der Waals surface area contributed by atoms with Crippen LogP contribution in [0.5, 0.6) is 0 Å². The van der Waals surface area contributed by atoms with Crippen LogP contribution in [-0.4, -0.2) is 40.1 Å². The van der Waals surface area contributed by atoms with Crippen LogP contribution in [0.4, 0.5) is 11.4 Å². The number of rotatable bonds is 6. The van der Waals surface area contributed by atoms with Gasteiger partial charge in [-0.3, -0.25) is 14.3 Å². The van der Waals surface area contributed by atoms with Gasteiger partial charge < -0.3 is 5.32 Å². The lowest BCUT2D eigenvalue weighted by Gasteiger charge is -2.15. The maximum Gasteiger partial charge on any atom is 0.267 e. The van der Waals surface area contributed by atoms with Gasteiger partial charge in [-0.25, -0.2) is 17.8 Å². The summed E-state index contributed by atoms with van der Waals surface area (Å²) in [6.07, 6.45) is 1.04. The second kappa shape index (κ2) is 8.11. The summed E-state index contributed by atoms with van der Waals surface area (Å²) in [5, 5.41) is 11.3. The van der Waals surface area contributed by atoms with Crippen LogP contribution in [0.15, 0.2) is 47.3 Å². The highest BCUT2D eigenvalue weighted by Gasteiger charge is 2.19. The van der Waals surface area contributed by atoms with Crippen molar-refractivity contribution in [3.63, 3.8) is 0 Å². The summed E-state index contributed by atoms with van der Waals surface area (Å²) in [5.41, 5.74) is 1.90. The molecule has 2 heterocycles. The van der Waals surface area contributed by atoms with E-state index in [1.165, 1.54) is 12.1 Å². The molecule has 2 N–H and O–H groups in total. The van der Waals surface area contributed by atoms with E-state index in [0.29, 0.717) is 17.2 Å². The summed E-state index contributed by atoms with van der Waals surface area (Å²) in [6, 6.07) is 10.1. The Bertz CT molecular complexity index is 1260. The highest BCUT2D eigenvalue weighted by molar-refractivity contribution is 7.92. The Morgan fingerprint density at radius 3 is 2.40 bits per heavy atom. The van der Waals surface area contributed by atoms with E-state index >= 15 is 0 Å². The molecular weight excluding hydrogens is 408 g/mol. The van der Waals surface area contributed by atoms with Gasteiger partial charge in [-0.05, 0) is 51.1 Å². The molecule has 0 aliphatic carbocycles. The van der Waals surface area contributed by atoms with E-state index < -0.39 is 27.5 Å². The predicted octanol–water partition coefficient (Wildman–Crippen LogP) is 1.62. The fraction of sp³-hybridized carbons (Fsp3) is 0.263. The Hall–Kier alpha value is -3.47. The van der Waals surface area contributed by atoms with Crippen molar-refractivity contribution in [2.75, 3.05) is 16.3 Å². The minimum Gasteiger partial charge on any atom is -0.324 e. The van der Waals surface area contributed by atoms with Crippen molar-refractivity contribution < 1.29 is 13.2 Å². The van der Waals surface area contributed by atoms with Gasteiger partial charge in [0, 0.05) is 17.4 Å². The van der Waals surface area contributed by atoms with Gasteiger partial charge in [-0.1, -0.05) is 6.07 Å². The maximum absolute atomic E-state index is 12.7. The standard InChI is InChI=1S/C19H22N6O4S/c1-12-10-13(2)24(21-12)17-8-9-18(26)25(22-17)14(3)19(27)20-15-6-5-7-16(11-15)23-30(4,28)29/h5-11,14,23H,1-4H3,(H,20,27)/t14-/m1/s1. The van der Waals surface area contributed by atoms with Crippen molar-refractivity contribution >= 4 is 27.3 Å². The number of hydrogen-bond acceptors (Lipinski definition) is 6. The van der Waals surface area contributed by atoms with Crippen LogP contribution in [0.1, 0.15) is 24.4 Å². The summed E-state index contributed by atoms with van der Waals surface area (Å²) in [5.74, 6) is -0.0641. The third-order valence-electron chi connectivity index (χ3n) is 4.22. The van der Waals surface area contributed by atoms with E-state index in [0.717, 1.165) is 22.3 Å². The van der Waals surface area contributed by atoms with Gasteiger partial charge in [0.2, 0.25) is 15.9 Å². The molecule has 2 aromatic heterocycles. The third kappa shape index (κ3) is 4.92. The lowest BCUT2D eigenvalue weighted by molar-refractivity contribution is -0.119. The summed E-state index contributed by atoms with van der Waals surface area (Å²) >= 11 is 0. The molecule has 0 unspecified atom stereocenters. The van der Waals surface area contributed by atoms with Crippen LogP contribution in [-0.2, 0) is 14.8 Å². The summed E-state index contributed by atoms with van der Waals surface area (Å²) in [6.45, 7) is 5.26. The Kier molecular flexibility index (Phi) is 5.74. The quantitative estimate of drug-likeness (QED) is 0.612. The molecule has 0 fully saturated rings. The largest absolute Gasteiger partial charge is 0.324 e. The number of carbonyl (C=O) groups excluding carboxylic acids is 1. The van der Waals surface area contributed by atoms with Crippen LogP contribution in [0.25, 0.3) is 5.82 Å². The van der Waals surface area contributed by atoms with Crippen molar-refractivity contribution in [2.45, 2.75) is 26.8 Å². The van der Waals surface area contributed by atoms with Gasteiger partial charge in [0.05, 0.1) is 17.6 Å². The Morgan fingerprint density at radius 1 is 1.07 bits per heavy atom. The van der Waals surface area contributed by atoms with Crippen LogP contribution in [0.2, 0.25) is 0 Å². The molecule has 3 aromatic rings. The first kappa shape index (κ1) is 21.2. The fourth-order valence-corrected chi connectivity index (χ4v) is 3.45. The molecular formula is C19H22N6O4S. The molecule has 1 atom stereocenters. The van der Waals surface area contributed by atoms with Crippen LogP contribution < -0.4 is 15.6 Å². The molecule has 0 aliphatic heterocycles. The number of carbonyl (C=O) groups is 1. The van der Waals surface area contributed by atoms with Gasteiger partial charge in [-0.2, -0.15) is 5.10 Å². The van der Waals surface area contributed by atoms with Crippen molar-refractivity contribution in [3.05, 3.63) is 64.2 Å². The van der Waals surface area contributed by atoms with Gasteiger partial charge in [0.25, 0.3) is 5.56 Å². The topological polar surface area (TPSA) is 128 Å². The number of amides is 1. The number of aromatic nitrogens is 4. The van der Waals surface area contributed by atoms with E-state index in [4.69, 9.17) is 0 Å². The zero-order chi connectivity index (χ0) is 22.1. The lowest BCUT2D eigenvalue weighted by atomic mass is 10.2. The SMILES string of the molecule is Cc1cc(C)n(-c2ccc(=O)n([C@H](C)C(=O)Nc3cccc(NS(C)(=O)=O)c3)n2)n1. The normalized spacial score (nSPS) is 12.4. The molecule has 0 saturated carbocycles. The zero-order valence-corrected chi connectivity index (χ0v) is 17.8. The maximum atomic E-state index is 12.7. The molecule has 0 radical (unpaired) electrons. The van der Waals surface area contributed by atoms with E-state index in [9.17, 15) is 18.0 Å². The first-order chi connectivity index (χ1) is 14.0. The smallest absolute Gasteiger partial charge is 0.267 e. The average molecular weight is 430 g/mol. The highest BCUT2D eigenvalue weighted by atomic mass is 32.2. The van der Waals surface area contributed by atoms with Gasteiger partial charge in [-0.15, -0.1) is 5.10 Å². The van der Waals surface area contributed by atoms with E-state index in [2.05, 4.69) is 20.2 Å². The lowest BCUT2D eigenvalue weighted by Crippen LogP contribution is -2.33. The van der Waals surface area contributed by atoms with E-state index in [1.807, 2.05) is 19.9 Å². The van der Waals surface area contributed by atoms with Gasteiger partial charge in [0.1, 0.15) is 6.04 Å². The van der Waals surface area contributed by atoms with Gasteiger partial charge >= 0.3 is 0 Å². The zero-order valence-electron chi connectivity index (χ0n) is 16.9. The second-order valence-electron chi connectivity index (χ2n) is 6.93. The van der Waals surface area contributed by atoms with E-state index in [1.54, 1.807) is 35.9 Å². The Balaban J connectivity index is 1.85. The monoisotopic (exact) mass is 430 g/mol. The minimum atomic E-state index is -3.45. The number of anilines is 2. The molecule has 0 saturated heterocycles. The number of nitrogens with one attached hydrogen (secondary N) is 2. The fourth-order valence-electron chi connectivity index (χ4n) is 2.90. The van der Waals surface area contributed by atoms with Crippen LogP contribution in [0, 0.1) is 13.8 Å². The molecule has 1 amide bonds. The van der Waals surface area contributed by atoms with Crippen molar-refractivity contribution in [1.82, 2.24) is 19.6 Å². The molecule has 10 nitrogen and oxygen atoms in total. The Labute approximate surface area is 173 Å². The number of sulfonamides is 1. The van der Waals surface area contributed by atoms with Gasteiger partial charge in [0.15, 0.2) is 5.82 Å². The molecule has 0 bridgehead atoms. The minimum absolute atomic E-state index is 0.310. The second-order valence-corrected chi connectivity index (χ2v) is 8.68. The van der Waals surface area contributed by atoms with E-state index in [-0.39, 0.29) is 0 Å². The molecule has 1 aromatic carbocycles. The predicted molar refractivity (Wildman–Crippen MR) is 113 cm³/mol. The number of hydrogen-bond donors (Lipinski definition) is 2. The third-order valence-corrected chi connectivity index (χ3v) is 4.82. The number of benzene rings is 1. The number of nitrogens with zero attached hydrogens (tertiary/aromatic N) is 4. The summed E-state index contributed by atoms with van der Waals surface area (Å²) < 4.78 is 27.8. The average Bonchev–Trinajstić information content (AvgIpc) is 2.98. The summed E-state index contributed by atoms with van der Waals surface area (Å²) in [4.78, 5) is 25.0. The Morgan fingerprint density at radius 2 is 1.77 bits per heavy atom. The highest BCUT2D eigenvalue weighted by Crippen LogP contribution is 2.17. The first-order valence-corrected chi connectivity index (χ1v) is 10.9. The van der Waals surface area contributed by atoms with Crippen LogP contribution in [0.3, 0.4) is 0 Å². The molecule has 0 spiro atoms. The van der Waals surface area contributed by atoms with Crippen LogP contribution >= 0.6 is 0 Å². The molecule has 3 rings (SSSR count). The summed E-state index contributed by atoms with van der Waals surface area (Å²) in [7, 11) is -3.45. The molecule has 0 aliphatic rings. The molecule has 11 heteroatoms. The molecule has 158 valence electrons. The first-order valence-electron chi connectivity index (χ1n) is 9.06.